The number of alkyl halides is 1. The van der Waals surface area contributed by atoms with E-state index in [1.54, 1.807) is 0 Å². The van der Waals surface area contributed by atoms with Gasteiger partial charge in [0.1, 0.15) is 0 Å². The van der Waals surface area contributed by atoms with Crippen LogP contribution in [0.2, 0.25) is 0 Å². The lowest BCUT2D eigenvalue weighted by Gasteiger charge is -2.09. The van der Waals surface area contributed by atoms with Gasteiger partial charge in [0, 0.05) is 22.0 Å². The molecule has 0 aliphatic rings. The van der Waals surface area contributed by atoms with Crippen molar-refractivity contribution >= 4 is 33.4 Å². The van der Waals surface area contributed by atoms with Crippen molar-refractivity contribution < 1.29 is 4.79 Å². The second-order valence-corrected chi connectivity index (χ2v) is 5.69. The molecule has 0 saturated heterocycles. The van der Waals surface area contributed by atoms with Crippen molar-refractivity contribution in [3.8, 4) is 0 Å². The summed E-state index contributed by atoms with van der Waals surface area (Å²) in [5, 5.41) is 3.07. The Kier molecular flexibility index (Phi) is 6.00. The SMILES string of the molecule is Cc1c(Br)cccc1C(=O)NCCCC(C)Cl. The van der Waals surface area contributed by atoms with Crippen LogP contribution in [0.1, 0.15) is 35.7 Å². The molecule has 0 saturated carbocycles. The van der Waals surface area contributed by atoms with Crippen LogP contribution in [0.4, 0.5) is 0 Å². The summed E-state index contributed by atoms with van der Waals surface area (Å²) in [5.41, 5.74) is 1.69. The third kappa shape index (κ3) is 4.68. The molecule has 0 aromatic heterocycles. The Morgan fingerprint density at radius 3 is 2.88 bits per heavy atom. The molecule has 0 aliphatic carbocycles. The number of carbonyl (C=O) groups is 1. The maximum absolute atomic E-state index is 11.9. The Hall–Kier alpha value is -0.540. The van der Waals surface area contributed by atoms with E-state index in [1.807, 2.05) is 32.0 Å². The standard InChI is InChI=1S/C13H17BrClNO/c1-9(15)5-4-8-16-13(17)11-6-3-7-12(14)10(11)2/h3,6-7,9H,4-5,8H2,1-2H3,(H,16,17). The smallest absolute Gasteiger partial charge is 0.251 e. The number of halogens is 2. The molecule has 1 atom stereocenters. The summed E-state index contributed by atoms with van der Waals surface area (Å²) >= 11 is 9.25. The molecule has 1 aromatic rings. The number of benzene rings is 1. The van der Waals surface area contributed by atoms with E-state index in [0.717, 1.165) is 28.4 Å². The fraction of sp³-hybridized carbons (Fsp3) is 0.462. The van der Waals surface area contributed by atoms with E-state index in [0.29, 0.717) is 6.54 Å². The van der Waals surface area contributed by atoms with Gasteiger partial charge in [-0.3, -0.25) is 4.79 Å². The number of amides is 1. The molecule has 0 heterocycles. The van der Waals surface area contributed by atoms with E-state index < -0.39 is 0 Å². The Morgan fingerprint density at radius 2 is 2.24 bits per heavy atom. The topological polar surface area (TPSA) is 29.1 Å². The van der Waals surface area contributed by atoms with E-state index in [2.05, 4.69) is 21.2 Å². The molecule has 1 unspecified atom stereocenters. The molecular formula is C13H17BrClNO. The summed E-state index contributed by atoms with van der Waals surface area (Å²) in [5.74, 6) is -0.0222. The van der Waals surface area contributed by atoms with Gasteiger partial charge in [-0.05, 0) is 44.4 Å². The van der Waals surface area contributed by atoms with Crippen molar-refractivity contribution in [3.05, 3.63) is 33.8 Å². The first kappa shape index (κ1) is 14.5. The highest BCUT2D eigenvalue weighted by Crippen LogP contribution is 2.19. The lowest BCUT2D eigenvalue weighted by Crippen LogP contribution is -2.25. The fourth-order valence-electron chi connectivity index (χ4n) is 1.53. The largest absolute Gasteiger partial charge is 0.352 e. The molecule has 1 rings (SSSR count). The van der Waals surface area contributed by atoms with Crippen LogP contribution in [0, 0.1) is 6.92 Å². The predicted molar refractivity (Wildman–Crippen MR) is 75.8 cm³/mol. The summed E-state index contributed by atoms with van der Waals surface area (Å²) in [6, 6.07) is 5.63. The van der Waals surface area contributed by atoms with E-state index in [-0.39, 0.29) is 11.3 Å². The Bertz CT molecular complexity index is 393. The molecule has 4 heteroatoms. The van der Waals surface area contributed by atoms with Gasteiger partial charge in [-0.2, -0.15) is 0 Å². The summed E-state index contributed by atoms with van der Waals surface area (Å²) < 4.78 is 0.958. The van der Waals surface area contributed by atoms with Crippen molar-refractivity contribution in [1.82, 2.24) is 5.32 Å². The molecule has 2 nitrogen and oxygen atoms in total. The minimum absolute atomic E-state index is 0.0222. The molecule has 17 heavy (non-hydrogen) atoms. The van der Waals surface area contributed by atoms with Gasteiger partial charge in [0.25, 0.3) is 5.91 Å². The molecule has 94 valence electrons. The predicted octanol–water partition coefficient (Wildman–Crippen LogP) is 3.89. The maximum atomic E-state index is 11.9. The monoisotopic (exact) mass is 317 g/mol. The first-order valence-electron chi connectivity index (χ1n) is 5.69. The van der Waals surface area contributed by atoms with Gasteiger partial charge in [-0.25, -0.2) is 0 Å². The average Bonchev–Trinajstić information content (AvgIpc) is 2.27. The van der Waals surface area contributed by atoms with Crippen LogP contribution < -0.4 is 5.32 Å². The highest BCUT2D eigenvalue weighted by atomic mass is 79.9. The second-order valence-electron chi connectivity index (χ2n) is 4.09. The number of nitrogens with one attached hydrogen (secondary N) is 1. The zero-order valence-electron chi connectivity index (χ0n) is 10.1. The van der Waals surface area contributed by atoms with Crippen molar-refractivity contribution in [2.45, 2.75) is 32.1 Å². The minimum atomic E-state index is -0.0222. The van der Waals surface area contributed by atoms with E-state index >= 15 is 0 Å². The summed E-state index contributed by atoms with van der Waals surface area (Å²) in [4.78, 5) is 11.9. The van der Waals surface area contributed by atoms with Crippen LogP contribution in [-0.2, 0) is 0 Å². The molecule has 0 fully saturated rings. The second kappa shape index (κ2) is 7.02. The first-order chi connectivity index (χ1) is 8.02. The van der Waals surface area contributed by atoms with E-state index in [9.17, 15) is 4.79 Å². The van der Waals surface area contributed by atoms with Crippen LogP contribution in [0.5, 0.6) is 0 Å². The Labute approximate surface area is 116 Å². The molecule has 1 aromatic carbocycles. The van der Waals surface area contributed by atoms with Crippen LogP contribution in [0.25, 0.3) is 0 Å². The Morgan fingerprint density at radius 1 is 1.53 bits per heavy atom. The molecule has 0 radical (unpaired) electrons. The van der Waals surface area contributed by atoms with E-state index in [1.165, 1.54) is 0 Å². The lowest BCUT2D eigenvalue weighted by molar-refractivity contribution is 0.0952. The van der Waals surface area contributed by atoms with Crippen LogP contribution in [0.3, 0.4) is 0 Å². The summed E-state index contributed by atoms with van der Waals surface area (Å²) in [7, 11) is 0. The van der Waals surface area contributed by atoms with Crippen LogP contribution in [0.15, 0.2) is 22.7 Å². The number of rotatable bonds is 5. The highest BCUT2D eigenvalue weighted by molar-refractivity contribution is 9.10. The zero-order valence-corrected chi connectivity index (χ0v) is 12.4. The zero-order chi connectivity index (χ0) is 12.8. The first-order valence-corrected chi connectivity index (χ1v) is 6.92. The lowest BCUT2D eigenvalue weighted by atomic mass is 10.1. The van der Waals surface area contributed by atoms with Gasteiger partial charge < -0.3 is 5.32 Å². The quantitative estimate of drug-likeness (QED) is 0.647. The van der Waals surface area contributed by atoms with Gasteiger partial charge >= 0.3 is 0 Å². The van der Waals surface area contributed by atoms with Crippen molar-refractivity contribution in [3.63, 3.8) is 0 Å². The highest BCUT2D eigenvalue weighted by Gasteiger charge is 2.09. The van der Waals surface area contributed by atoms with Gasteiger partial charge in [0.15, 0.2) is 0 Å². The number of hydrogen-bond donors (Lipinski definition) is 1. The molecule has 0 spiro atoms. The Balaban J connectivity index is 2.50. The fourth-order valence-corrected chi connectivity index (χ4v) is 2.05. The third-order valence-corrected chi connectivity index (χ3v) is 3.65. The maximum Gasteiger partial charge on any atom is 0.251 e. The summed E-state index contributed by atoms with van der Waals surface area (Å²) in [6.07, 6.45) is 1.82. The molecule has 0 bridgehead atoms. The average molecular weight is 319 g/mol. The minimum Gasteiger partial charge on any atom is -0.352 e. The van der Waals surface area contributed by atoms with Crippen molar-refractivity contribution in [2.75, 3.05) is 6.54 Å². The van der Waals surface area contributed by atoms with Crippen molar-refractivity contribution in [1.29, 1.82) is 0 Å². The third-order valence-electron chi connectivity index (χ3n) is 2.58. The van der Waals surface area contributed by atoms with Gasteiger partial charge in [0.05, 0.1) is 0 Å². The van der Waals surface area contributed by atoms with Gasteiger partial charge in [-0.15, -0.1) is 11.6 Å². The van der Waals surface area contributed by atoms with Crippen molar-refractivity contribution in [2.24, 2.45) is 0 Å². The molecule has 1 N–H and O–H groups in total. The molecule has 1 amide bonds. The number of hydrogen-bond acceptors (Lipinski definition) is 1. The normalized spacial score (nSPS) is 12.2. The van der Waals surface area contributed by atoms with Crippen LogP contribution in [-0.4, -0.2) is 17.8 Å². The van der Waals surface area contributed by atoms with Gasteiger partial charge in [0.2, 0.25) is 0 Å². The van der Waals surface area contributed by atoms with Gasteiger partial charge in [-0.1, -0.05) is 22.0 Å². The van der Waals surface area contributed by atoms with Crippen LogP contribution >= 0.6 is 27.5 Å². The summed E-state index contributed by atoms with van der Waals surface area (Å²) in [6.45, 7) is 4.56. The molecule has 0 aliphatic heterocycles. The number of carbonyl (C=O) groups excluding carboxylic acids is 1. The van der Waals surface area contributed by atoms with E-state index in [4.69, 9.17) is 11.6 Å². The molecular weight excluding hydrogens is 302 g/mol.